The summed E-state index contributed by atoms with van der Waals surface area (Å²) in [5, 5.41) is 4.44. The predicted octanol–water partition coefficient (Wildman–Crippen LogP) is 4.47. The lowest BCUT2D eigenvalue weighted by atomic mass is 9.99. The maximum Gasteiger partial charge on any atom is 0.169 e. The molecular weight excluding hydrogens is 362 g/mol. The summed E-state index contributed by atoms with van der Waals surface area (Å²) in [5.74, 6) is 0. The van der Waals surface area contributed by atoms with Gasteiger partial charge in [-0.05, 0) is 35.5 Å². The molecular formula is C24H25N3S. The number of anilines is 1. The number of para-hydroxylation sites is 1. The summed E-state index contributed by atoms with van der Waals surface area (Å²) in [7, 11) is 0. The molecule has 4 rings (SSSR count). The van der Waals surface area contributed by atoms with Gasteiger partial charge in [0.15, 0.2) is 5.11 Å². The Morgan fingerprint density at radius 1 is 0.679 bits per heavy atom. The molecule has 3 nitrogen and oxygen atoms in total. The maximum absolute atomic E-state index is 5.80. The molecule has 0 radical (unpaired) electrons. The molecule has 1 heterocycles. The molecule has 1 N–H and O–H groups in total. The van der Waals surface area contributed by atoms with Crippen molar-refractivity contribution in [3.05, 3.63) is 102 Å². The van der Waals surface area contributed by atoms with E-state index in [1.54, 1.807) is 0 Å². The first-order chi connectivity index (χ1) is 13.8. The Labute approximate surface area is 172 Å². The Morgan fingerprint density at radius 3 is 1.64 bits per heavy atom. The Balaban J connectivity index is 1.44. The minimum atomic E-state index is 0.0575. The van der Waals surface area contributed by atoms with E-state index in [-0.39, 0.29) is 6.04 Å². The first kappa shape index (κ1) is 18.5. The van der Waals surface area contributed by atoms with E-state index in [4.69, 9.17) is 12.2 Å². The molecule has 1 fully saturated rings. The van der Waals surface area contributed by atoms with Crippen LogP contribution in [-0.4, -0.2) is 36.2 Å². The number of piperazine rings is 1. The average Bonchev–Trinajstić information content (AvgIpc) is 2.79. The average molecular weight is 388 g/mol. The zero-order valence-corrected chi connectivity index (χ0v) is 16.7. The Hall–Kier alpha value is -2.85. The first-order valence-electron chi connectivity index (χ1n) is 9.76. The lowest BCUT2D eigenvalue weighted by Gasteiger charge is -2.38. The van der Waals surface area contributed by atoms with Crippen LogP contribution in [0.5, 0.6) is 0 Å². The highest BCUT2D eigenvalue weighted by Gasteiger charge is 2.22. The van der Waals surface area contributed by atoms with E-state index >= 15 is 0 Å². The van der Waals surface area contributed by atoms with Gasteiger partial charge in [0.05, 0.1) is 6.04 Å². The fraction of sp³-hybridized carbons (Fsp3) is 0.208. The third-order valence-corrected chi connectivity index (χ3v) is 5.60. The summed E-state index contributed by atoms with van der Waals surface area (Å²) in [6.07, 6.45) is 0. The maximum atomic E-state index is 5.80. The minimum Gasteiger partial charge on any atom is -0.368 e. The molecule has 0 atom stereocenters. The van der Waals surface area contributed by atoms with Crippen molar-refractivity contribution in [2.75, 3.05) is 31.1 Å². The van der Waals surface area contributed by atoms with E-state index < -0.39 is 0 Å². The van der Waals surface area contributed by atoms with Crippen molar-refractivity contribution in [3.63, 3.8) is 0 Å². The van der Waals surface area contributed by atoms with Gasteiger partial charge in [0.2, 0.25) is 0 Å². The van der Waals surface area contributed by atoms with Gasteiger partial charge < -0.3 is 15.1 Å². The van der Waals surface area contributed by atoms with Gasteiger partial charge in [0.25, 0.3) is 0 Å². The van der Waals surface area contributed by atoms with Crippen molar-refractivity contribution >= 4 is 23.0 Å². The summed E-state index contributed by atoms with van der Waals surface area (Å²) in [5.41, 5.74) is 3.73. The summed E-state index contributed by atoms with van der Waals surface area (Å²) >= 11 is 5.80. The van der Waals surface area contributed by atoms with Crippen LogP contribution in [0.4, 0.5) is 5.69 Å². The molecule has 1 aliphatic heterocycles. The van der Waals surface area contributed by atoms with Crippen LogP contribution in [0.3, 0.4) is 0 Å². The molecule has 0 amide bonds. The van der Waals surface area contributed by atoms with Gasteiger partial charge in [-0.15, -0.1) is 0 Å². The van der Waals surface area contributed by atoms with Crippen molar-refractivity contribution in [2.45, 2.75) is 6.04 Å². The Morgan fingerprint density at radius 2 is 1.14 bits per heavy atom. The molecule has 0 aromatic heterocycles. The largest absolute Gasteiger partial charge is 0.368 e. The van der Waals surface area contributed by atoms with Gasteiger partial charge in [-0.2, -0.15) is 0 Å². The fourth-order valence-corrected chi connectivity index (χ4v) is 3.97. The van der Waals surface area contributed by atoms with E-state index in [9.17, 15) is 0 Å². The number of nitrogens with one attached hydrogen (secondary N) is 1. The molecule has 0 bridgehead atoms. The SMILES string of the molecule is S=C(NC(c1ccccc1)c1ccccc1)N1CCN(c2ccccc2)CC1. The summed E-state index contributed by atoms with van der Waals surface area (Å²) in [6, 6.07) is 31.7. The first-order valence-corrected chi connectivity index (χ1v) is 10.2. The molecule has 4 heteroatoms. The van der Waals surface area contributed by atoms with Crippen LogP contribution in [0, 0.1) is 0 Å². The third kappa shape index (κ3) is 4.34. The highest BCUT2D eigenvalue weighted by atomic mass is 32.1. The standard InChI is InChI=1S/C24H25N3S/c28-24(27-18-16-26(17-19-27)22-14-8-3-9-15-22)25-23(20-10-4-1-5-11-20)21-12-6-2-7-13-21/h1-15,23H,16-19H2,(H,25,28). The van der Waals surface area contributed by atoms with Crippen LogP contribution in [0.2, 0.25) is 0 Å². The lowest BCUT2D eigenvalue weighted by molar-refractivity contribution is 0.377. The zero-order chi connectivity index (χ0) is 19.2. The topological polar surface area (TPSA) is 18.5 Å². The highest BCUT2D eigenvalue weighted by Crippen LogP contribution is 2.22. The molecule has 0 aliphatic carbocycles. The van der Waals surface area contributed by atoms with Crippen LogP contribution in [-0.2, 0) is 0 Å². The number of rotatable bonds is 4. The van der Waals surface area contributed by atoms with Crippen LogP contribution in [0.25, 0.3) is 0 Å². The number of hydrogen-bond donors (Lipinski definition) is 1. The second-order valence-electron chi connectivity index (χ2n) is 7.01. The van der Waals surface area contributed by atoms with Crippen LogP contribution in [0.1, 0.15) is 17.2 Å². The molecule has 0 unspecified atom stereocenters. The number of hydrogen-bond acceptors (Lipinski definition) is 2. The van der Waals surface area contributed by atoms with E-state index in [0.29, 0.717) is 0 Å². The summed E-state index contributed by atoms with van der Waals surface area (Å²) in [4.78, 5) is 4.71. The number of nitrogens with zero attached hydrogens (tertiary/aromatic N) is 2. The van der Waals surface area contributed by atoms with Gasteiger partial charge in [0, 0.05) is 31.9 Å². The van der Waals surface area contributed by atoms with Gasteiger partial charge in [-0.1, -0.05) is 78.9 Å². The minimum absolute atomic E-state index is 0.0575. The van der Waals surface area contributed by atoms with Crippen molar-refractivity contribution in [1.29, 1.82) is 0 Å². The van der Waals surface area contributed by atoms with Crippen LogP contribution in [0.15, 0.2) is 91.0 Å². The van der Waals surface area contributed by atoms with Crippen LogP contribution >= 0.6 is 12.2 Å². The lowest BCUT2D eigenvalue weighted by Crippen LogP contribution is -2.52. The Kier molecular flexibility index (Phi) is 5.88. The predicted molar refractivity (Wildman–Crippen MR) is 121 cm³/mol. The molecule has 0 spiro atoms. The fourth-order valence-electron chi connectivity index (χ4n) is 3.67. The van der Waals surface area contributed by atoms with Gasteiger partial charge in [-0.3, -0.25) is 0 Å². The van der Waals surface area contributed by atoms with Crippen LogP contribution < -0.4 is 10.2 Å². The quantitative estimate of drug-likeness (QED) is 0.666. The van der Waals surface area contributed by atoms with Gasteiger partial charge in [-0.25, -0.2) is 0 Å². The Bertz CT molecular complexity index is 836. The molecule has 0 saturated carbocycles. The monoisotopic (exact) mass is 387 g/mol. The third-order valence-electron chi connectivity index (χ3n) is 5.22. The smallest absolute Gasteiger partial charge is 0.169 e. The zero-order valence-electron chi connectivity index (χ0n) is 15.9. The molecule has 142 valence electrons. The molecule has 28 heavy (non-hydrogen) atoms. The van der Waals surface area contributed by atoms with Crippen molar-refractivity contribution in [3.8, 4) is 0 Å². The summed E-state index contributed by atoms with van der Waals surface area (Å²) < 4.78 is 0. The second-order valence-corrected chi connectivity index (χ2v) is 7.40. The normalized spacial score (nSPS) is 14.2. The molecule has 3 aromatic rings. The van der Waals surface area contributed by atoms with Crippen molar-refractivity contribution in [2.24, 2.45) is 0 Å². The van der Waals surface area contributed by atoms with Crippen molar-refractivity contribution < 1.29 is 0 Å². The highest BCUT2D eigenvalue weighted by molar-refractivity contribution is 7.80. The van der Waals surface area contributed by atoms with Crippen molar-refractivity contribution in [1.82, 2.24) is 10.2 Å². The second kappa shape index (κ2) is 8.89. The molecule has 1 aliphatic rings. The number of benzene rings is 3. The molecule has 3 aromatic carbocycles. The van der Waals surface area contributed by atoms with E-state index in [0.717, 1.165) is 31.3 Å². The number of thiocarbonyl (C=S) groups is 1. The van der Waals surface area contributed by atoms with E-state index in [1.165, 1.54) is 16.8 Å². The van der Waals surface area contributed by atoms with Gasteiger partial charge in [0.1, 0.15) is 0 Å². The molecule has 1 saturated heterocycles. The van der Waals surface area contributed by atoms with Gasteiger partial charge >= 0.3 is 0 Å². The van der Waals surface area contributed by atoms with E-state index in [2.05, 4.69) is 94.0 Å². The summed E-state index contributed by atoms with van der Waals surface area (Å²) in [6.45, 7) is 3.81. The van der Waals surface area contributed by atoms with E-state index in [1.807, 2.05) is 12.1 Å².